The second kappa shape index (κ2) is 4.47. The van der Waals surface area contributed by atoms with Gasteiger partial charge in [-0.25, -0.2) is 0 Å². The molecule has 0 saturated carbocycles. The van der Waals surface area contributed by atoms with E-state index < -0.39 is 0 Å². The number of aliphatic hydroxyl groups excluding tert-OH is 1. The lowest BCUT2D eigenvalue weighted by Crippen LogP contribution is -2.10. The Kier molecular flexibility index (Phi) is 3.04. The molecule has 2 rings (SSSR count). The summed E-state index contributed by atoms with van der Waals surface area (Å²) >= 11 is 0. The average molecular weight is 205 g/mol. The van der Waals surface area contributed by atoms with E-state index in [2.05, 4.69) is 0 Å². The highest BCUT2D eigenvalue weighted by molar-refractivity contribution is 5.81. The third-order valence-corrected chi connectivity index (χ3v) is 2.58. The number of fused-ring (bicyclic) bond motifs is 1. The minimum Gasteiger partial charge on any atom is -0.464 e. The van der Waals surface area contributed by atoms with Gasteiger partial charge in [-0.1, -0.05) is 18.2 Å². The number of rotatable bonds is 4. The Morgan fingerprint density at radius 3 is 2.93 bits per heavy atom. The van der Waals surface area contributed by atoms with Gasteiger partial charge < -0.3 is 15.3 Å². The molecule has 3 nitrogen and oxygen atoms in total. The van der Waals surface area contributed by atoms with E-state index >= 15 is 0 Å². The van der Waals surface area contributed by atoms with Gasteiger partial charge >= 0.3 is 0 Å². The summed E-state index contributed by atoms with van der Waals surface area (Å²) in [4.78, 5) is 0. The van der Waals surface area contributed by atoms with Crippen LogP contribution in [0.4, 0.5) is 0 Å². The van der Waals surface area contributed by atoms with Crippen LogP contribution in [0.5, 0.6) is 0 Å². The molecule has 1 unspecified atom stereocenters. The van der Waals surface area contributed by atoms with Gasteiger partial charge in [0.15, 0.2) is 0 Å². The van der Waals surface area contributed by atoms with Gasteiger partial charge in [0.05, 0.1) is 6.26 Å². The summed E-state index contributed by atoms with van der Waals surface area (Å²) in [5, 5.41) is 9.82. The summed E-state index contributed by atoms with van der Waals surface area (Å²) in [5.74, 6) is 0. The zero-order valence-corrected chi connectivity index (χ0v) is 8.52. The van der Waals surface area contributed by atoms with Crippen molar-refractivity contribution in [1.82, 2.24) is 0 Å². The molecule has 1 aromatic carbocycles. The van der Waals surface area contributed by atoms with Gasteiger partial charge in [0.2, 0.25) is 0 Å². The summed E-state index contributed by atoms with van der Waals surface area (Å²) in [5.41, 5.74) is 7.91. The summed E-state index contributed by atoms with van der Waals surface area (Å²) < 4.78 is 5.41. The van der Waals surface area contributed by atoms with Gasteiger partial charge in [0, 0.05) is 23.6 Å². The molecule has 0 aliphatic rings. The fourth-order valence-corrected chi connectivity index (χ4v) is 1.75. The van der Waals surface area contributed by atoms with Crippen LogP contribution in [-0.4, -0.2) is 11.7 Å². The van der Waals surface area contributed by atoms with E-state index in [-0.39, 0.29) is 12.6 Å². The standard InChI is InChI=1S/C12H15NO2/c13-11(5-3-7-14)10-8-15-12-6-2-1-4-9(10)12/h1-2,4,6,8,11,14H,3,5,7,13H2. The van der Waals surface area contributed by atoms with Gasteiger partial charge in [-0.15, -0.1) is 0 Å². The van der Waals surface area contributed by atoms with E-state index in [1.54, 1.807) is 6.26 Å². The van der Waals surface area contributed by atoms with Crippen molar-refractivity contribution in [3.63, 3.8) is 0 Å². The number of aliphatic hydroxyl groups is 1. The Hall–Kier alpha value is -1.32. The highest BCUT2D eigenvalue weighted by atomic mass is 16.3. The monoisotopic (exact) mass is 205 g/mol. The van der Waals surface area contributed by atoms with Crippen LogP contribution in [0, 0.1) is 0 Å². The molecule has 0 fully saturated rings. The van der Waals surface area contributed by atoms with E-state index in [9.17, 15) is 0 Å². The molecule has 1 heterocycles. The molecule has 0 saturated heterocycles. The van der Waals surface area contributed by atoms with Crippen molar-refractivity contribution >= 4 is 11.0 Å². The van der Waals surface area contributed by atoms with Crippen LogP contribution < -0.4 is 5.73 Å². The lowest BCUT2D eigenvalue weighted by Gasteiger charge is -2.08. The maximum absolute atomic E-state index is 8.75. The maximum Gasteiger partial charge on any atom is 0.134 e. The van der Waals surface area contributed by atoms with E-state index in [1.807, 2.05) is 24.3 Å². The smallest absolute Gasteiger partial charge is 0.134 e. The Morgan fingerprint density at radius 2 is 2.13 bits per heavy atom. The van der Waals surface area contributed by atoms with Crippen molar-refractivity contribution in [2.75, 3.05) is 6.61 Å². The van der Waals surface area contributed by atoms with E-state index in [4.69, 9.17) is 15.3 Å². The first kappa shape index (κ1) is 10.2. The second-order valence-corrected chi connectivity index (χ2v) is 3.66. The highest BCUT2D eigenvalue weighted by Gasteiger charge is 2.12. The number of nitrogens with two attached hydrogens (primary N) is 1. The second-order valence-electron chi connectivity index (χ2n) is 3.66. The SMILES string of the molecule is NC(CCCO)c1coc2ccccc12. The van der Waals surface area contributed by atoms with Gasteiger partial charge in [0.25, 0.3) is 0 Å². The van der Waals surface area contributed by atoms with Crippen molar-refractivity contribution in [2.45, 2.75) is 18.9 Å². The molecule has 15 heavy (non-hydrogen) atoms. The van der Waals surface area contributed by atoms with E-state index in [0.717, 1.165) is 29.4 Å². The molecule has 2 aromatic rings. The van der Waals surface area contributed by atoms with Crippen LogP contribution in [-0.2, 0) is 0 Å². The summed E-state index contributed by atoms with van der Waals surface area (Å²) in [6, 6.07) is 7.79. The van der Waals surface area contributed by atoms with Crippen LogP contribution in [0.2, 0.25) is 0 Å². The molecule has 1 aromatic heterocycles. The predicted octanol–water partition coefficient (Wildman–Crippen LogP) is 2.21. The van der Waals surface area contributed by atoms with Gasteiger partial charge in [-0.2, -0.15) is 0 Å². The summed E-state index contributed by atoms with van der Waals surface area (Å²) in [6.45, 7) is 0.184. The van der Waals surface area contributed by atoms with E-state index in [0.29, 0.717) is 0 Å². The van der Waals surface area contributed by atoms with Crippen LogP contribution in [0.3, 0.4) is 0 Å². The van der Waals surface area contributed by atoms with Crippen LogP contribution in [0.1, 0.15) is 24.4 Å². The Morgan fingerprint density at radius 1 is 1.33 bits per heavy atom. The van der Waals surface area contributed by atoms with E-state index in [1.165, 1.54) is 0 Å². The molecule has 80 valence electrons. The molecule has 0 spiro atoms. The molecular weight excluding hydrogens is 190 g/mol. The summed E-state index contributed by atoms with van der Waals surface area (Å²) in [7, 11) is 0. The highest BCUT2D eigenvalue weighted by Crippen LogP contribution is 2.27. The molecule has 0 amide bonds. The van der Waals surface area contributed by atoms with Gasteiger partial charge in [-0.3, -0.25) is 0 Å². The number of furan rings is 1. The van der Waals surface area contributed by atoms with Crippen LogP contribution in [0.15, 0.2) is 34.9 Å². The van der Waals surface area contributed by atoms with Gasteiger partial charge in [-0.05, 0) is 18.9 Å². The lowest BCUT2D eigenvalue weighted by molar-refractivity contribution is 0.280. The number of hydrogen-bond acceptors (Lipinski definition) is 3. The molecule has 0 aliphatic heterocycles. The first-order valence-electron chi connectivity index (χ1n) is 5.15. The minimum atomic E-state index is -0.0548. The van der Waals surface area contributed by atoms with Crippen molar-refractivity contribution in [3.05, 3.63) is 36.1 Å². The first-order valence-corrected chi connectivity index (χ1v) is 5.15. The first-order chi connectivity index (χ1) is 7.33. The quantitative estimate of drug-likeness (QED) is 0.804. The topological polar surface area (TPSA) is 59.4 Å². The Bertz CT molecular complexity index is 436. The summed E-state index contributed by atoms with van der Waals surface area (Å²) in [6.07, 6.45) is 3.22. The lowest BCUT2D eigenvalue weighted by atomic mass is 10.0. The normalized spacial score (nSPS) is 13.2. The van der Waals surface area contributed by atoms with Crippen LogP contribution >= 0.6 is 0 Å². The van der Waals surface area contributed by atoms with Crippen molar-refractivity contribution in [1.29, 1.82) is 0 Å². The Balaban J connectivity index is 2.27. The zero-order chi connectivity index (χ0) is 10.7. The van der Waals surface area contributed by atoms with Crippen LogP contribution in [0.25, 0.3) is 11.0 Å². The minimum absolute atomic E-state index is 0.0548. The third-order valence-electron chi connectivity index (χ3n) is 2.58. The molecule has 3 N–H and O–H groups in total. The predicted molar refractivity (Wildman–Crippen MR) is 59.5 cm³/mol. The third kappa shape index (κ3) is 2.03. The molecule has 1 atom stereocenters. The largest absolute Gasteiger partial charge is 0.464 e. The zero-order valence-electron chi connectivity index (χ0n) is 8.52. The number of benzene rings is 1. The number of para-hydroxylation sites is 1. The van der Waals surface area contributed by atoms with Gasteiger partial charge in [0.1, 0.15) is 5.58 Å². The molecule has 3 heteroatoms. The fourth-order valence-electron chi connectivity index (χ4n) is 1.75. The van der Waals surface area contributed by atoms with Crippen molar-refractivity contribution in [2.24, 2.45) is 5.73 Å². The Labute approximate surface area is 88.5 Å². The maximum atomic E-state index is 8.75. The molecule has 0 aliphatic carbocycles. The van der Waals surface area contributed by atoms with Crippen molar-refractivity contribution in [3.8, 4) is 0 Å². The van der Waals surface area contributed by atoms with Crippen molar-refractivity contribution < 1.29 is 9.52 Å². The average Bonchev–Trinajstić information content (AvgIpc) is 2.69. The fraction of sp³-hybridized carbons (Fsp3) is 0.333. The number of hydrogen-bond donors (Lipinski definition) is 2. The molecule has 0 bridgehead atoms. The molecular formula is C12H15NO2. The molecule has 0 radical (unpaired) electrons.